The molecule has 0 saturated heterocycles. The van der Waals surface area contributed by atoms with Crippen LogP contribution in [0.1, 0.15) is 31.4 Å². The van der Waals surface area contributed by atoms with Crippen LogP contribution in [0.3, 0.4) is 0 Å². The lowest BCUT2D eigenvalue weighted by molar-refractivity contribution is -0.140. The molecule has 1 N–H and O–H groups in total. The molecule has 0 aliphatic heterocycles. The Labute approximate surface area is 224 Å². The van der Waals surface area contributed by atoms with E-state index < -0.39 is 28.5 Å². The van der Waals surface area contributed by atoms with Gasteiger partial charge < -0.3 is 10.2 Å². The number of carbonyl (C=O) groups is 2. The first-order valence-electron chi connectivity index (χ1n) is 12.1. The van der Waals surface area contributed by atoms with Crippen molar-refractivity contribution in [1.82, 2.24) is 10.2 Å². The number of hydrogen-bond donors (Lipinski definition) is 1. The predicted molar refractivity (Wildman–Crippen MR) is 147 cm³/mol. The summed E-state index contributed by atoms with van der Waals surface area (Å²) in [5, 5.41) is 3.06. The SMILES string of the molecule is CCc1ccc(N(CC(=O)N(Cc2ccccc2Cl)[C@H](CC)C(=O)NC)S(=O)(=O)c2ccccc2)cc1. The van der Waals surface area contributed by atoms with Gasteiger partial charge in [-0.15, -0.1) is 0 Å². The quantitative estimate of drug-likeness (QED) is 0.383. The number of carbonyl (C=O) groups excluding carboxylic acids is 2. The van der Waals surface area contributed by atoms with E-state index in [1.54, 1.807) is 61.5 Å². The Bertz CT molecular complexity index is 1310. The first kappa shape index (κ1) is 28.2. The van der Waals surface area contributed by atoms with Gasteiger partial charge in [0, 0.05) is 18.6 Å². The fourth-order valence-corrected chi connectivity index (χ4v) is 5.67. The smallest absolute Gasteiger partial charge is 0.264 e. The number of benzene rings is 3. The second-order valence-electron chi connectivity index (χ2n) is 8.50. The summed E-state index contributed by atoms with van der Waals surface area (Å²) in [6, 6.07) is 21.3. The number of hydrogen-bond acceptors (Lipinski definition) is 4. The van der Waals surface area contributed by atoms with E-state index in [2.05, 4.69) is 5.32 Å². The molecule has 0 heterocycles. The Morgan fingerprint density at radius 1 is 0.919 bits per heavy atom. The zero-order valence-corrected chi connectivity index (χ0v) is 22.8. The van der Waals surface area contributed by atoms with Crippen LogP contribution in [0.25, 0.3) is 0 Å². The van der Waals surface area contributed by atoms with Crippen LogP contribution in [0, 0.1) is 0 Å². The van der Waals surface area contributed by atoms with Gasteiger partial charge in [-0.2, -0.15) is 0 Å². The molecule has 0 saturated carbocycles. The lowest BCUT2D eigenvalue weighted by Gasteiger charge is -2.33. The van der Waals surface area contributed by atoms with Crippen molar-refractivity contribution in [1.29, 1.82) is 0 Å². The van der Waals surface area contributed by atoms with Crippen molar-refractivity contribution in [2.45, 2.75) is 44.2 Å². The molecule has 0 aliphatic rings. The number of aryl methyl sites for hydroxylation is 1. The maximum Gasteiger partial charge on any atom is 0.264 e. The van der Waals surface area contributed by atoms with Crippen molar-refractivity contribution in [3.05, 3.63) is 95.0 Å². The third kappa shape index (κ3) is 6.70. The highest BCUT2D eigenvalue weighted by molar-refractivity contribution is 7.92. The molecule has 0 aliphatic carbocycles. The third-order valence-corrected chi connectivity index (χ3v) is 8.33. The second-order valence-corrected chi connectivity index (χ2v) is 10.8. The van der Waals surface area contributed by atoms with Gasteiger partial charge in [0.05, 0.1) is 10.6 Å². The van der Waals surface area contributed by atoms with Crippen LogP contribution < -0.4 is 9.62 Å². The molecular weight excluding hydrogens is 510 g/mol. The molecule has 1 atom stereocenters. The molecule has 7 nitrogen and oxygen atoms in total. The number of nitrogens with one attached hydrogen (secondary N) is 1. The lowest BCUT2D eigenvalue weighted by Crippen LogP contribution is -2.51. The van der Waals surface area contributed by atoms with Crippen molar-refractivity contribution in [3.8, 4) is 0 Å². The van der Waals surface area contributed by atoms with E-state index in [4.69, 9.17) is 11.6 Å². The molecule has 3 aromatic carbocycles. The van der Waals surface area contributed by atoms with Crippen molar-refractivity contribution < 1.29 is 18.0 Å². The zero-order chi connectivity index (χ0) is 27.0. The molecule has 37 heavy (non-hydrogen) atoms. The van der Waals surface area contributed by atoms with E-state index in [1.807, 2.05) is 19.1 Å². The first-order valence-corrected chi connectivity index (χ1v) is 14.0. The third-order valence-electron chi connectivity index (χ3n) is 6.17. The average molecular weight is 542 g/mol. The Kier molecular flexibility index (Phi) is 9.72. The number of amides is 2. The maximum absolute atomic E-state index is 13.9. The Morgan fingerprint density at radius 2 is 1.54 bits per heavy atom. The van der Waals surface area contributed by atoms with E-state index in [0.29, 0.717) is 22.7 Å². The summed E-state index contributed by atoms with van der Waals surface area (Å²) < 4.78 is 28.6. The summed E-state index contributed by atoms with van der Waals surface area (Å²) in [6.45, 7) is 3.38. The Balaban J connectivity index is 2.06. The van der Waals surface area contributed by atoms with Crippen molar-refractivity contribution in [2.75, 3.05) is 17.9 Å². The van der Waals surface area contributed by atoms with Gasteiger partial charge in [0.25, 0.3) is 10.0 Å². The first-order chi connectivity index (χ1) is 17.7. The van der Waals surface area contributed by atoms with Crippen LogP contribution in [0.2, 0.25) is 5.02 Å². The molecule has 0 spiro atoms. The minimum Gasteiger partial charge on any atom is -0.357 e. The van der Waals surface area contributed by atoms with Gasteiger partial charge in [0.15, 0.2) is 0 Å². The molecule has 3 aromatic rings. The summed E-state index contributed by atoms with van der Waals surface area (Å²) >= 11 is 6.37. The molecule has 196 valence electrons. The number of nitrogens with zero attached hydrogens (tertiary/aromatic N) is 2. The number of anilines is 1. The molecule has 0 unspecified atom stereocenters. The van der Waals surface area contributed by atoms with E-state index >= 15 is 0 Å². The molecular formula is C28H32ClN3O4S. The van der Waals surface area contributed by atoms with Crippen molar-refractivity contribution in [3.63, 3.8) is 0 Å². The van der Waals surface area contributed by atoms with Gasteiger partial charge in [0.1, 0.15) is 12.6 Å². The Morgan fingerprint density at radius 3 is 2.11 bits per heavy atom. The molecule has 0 radical (unpaired) electrons. The van der Waals surface area contributed by atoms with Gasteiger partial charge in [-0.3, -0.25) is 13.9 Å². The maximum atomic E-state index is 13.9. The summed E-state index contributed by atoms with van der Waals surface area (Å²) in [4.78, 5) is 28.1. The second kappa shape index (κ2) is 12.7. The molecule has 2 amide bonds. The Hall–Kier alpha value is -3.36. The van der Waals surface area contributed by atoms with Crippen LogP contribution >= 0.6 is 11.6 Å². The van der Waals surface area contributed by atoms with Gasteiger partial charge in [0.2, 0.25) is 11.8 Å². The molecule has 0 bridgehead atoms. The normalized spacial score (nSPS) is 12.0. The lowest BCUT2D eigenvalue weighted by atomic mass is 10.1. The highest BCUT2D eigenvalue weighted by Crippen LogP contribution is 2.26. The molecule has 3 rings (SSSR count). The fourth-order valence-electron chi connectivity index (χ4n) is 4.04. The standard InChI is InChI=1S/C28H32ClN3O4S/c1-4-21-15-17-23(18-16-21)32(37(35,36)24-12-7-6-8-13-24)20-27(33)31(26(5-2)28(34)30-3)19-22-11-9-10-14-25(22)29/h6-18,26H,4-5,19-20H2,1-3H3,(H,30,34)/t26-/m1/s1. The van der Waals surface area contributed by atoms with Gasteiger partial charge in [-0.25, -0.2) is 8.42 Å². The van der Waals surface area contributed by atoms with Crippen LogP contribution in [0.4, 0.5) is 5.69 Å². The summed E-state index contributed by atoms with van der Waals surface area (Å²) in [5.74, 6) is -0.859. The van der Waals surface area contributed by atoms with Crippen LogP contribution in [-0.4, -0.2) is 44.8 Å². The minimum atomic E-state index is -4.08. The van der Waals surface area contributed by atoms with E-state index in [-0.39, 0.29) is 17.3 Å². The minimum absolute atomic E-state index is 0.0540. The number of halogens is 1. The van der Waals surface area contributed by atoms with Crippen LogP contribution in [0.15, 0.2) is 83.8 Å². The average Bonchev–Trinajstić information content (AvgIpc) is 2.92. The molecule has 0 fully saturated rings. The van der Waals surface area contributed by atoms with E-state index in [0.717, 1.165) is 16.3 Å². The molecule has 0 aromatic heterocycles. The van der Waals surface area contributed by atoms with Crippen LogP contribution in [0.5, 0.6) is 0 Å². The fraction of sp³-hybridized carbons (Fsp3) is 0.286. The zero-order valence-electron chi connectivity index (χ0n) is 21.2. The summed E-state index contributed by atoms with van der Waals surface area (Å²) in [7, 11) is -2.58. The summed E-state index contributed by atoms with van der Waals surface area (Å²) in [5.41, 5.74) is 2.06. The molecule has 9 heteroatoms. The number of sulfonamides is 1. The van der Waals surface area contributed by atoms with E-state index in [1.165, 1.54) is 24.1 Å². The van der Waals surface area contributed by atoms with Crippen molar-refractivity contribution in [2.24, 2.45) is 0 Å². The summed E-state index contributed by atoms with van der Waals surface area (Å²) in [6.07, 6.45) is 1.13. The highest BCUT2D eigenvalue weighted by Gasteiger charge is 2.33. The van der Waals surface area contributed by atoms with Crippen molar-refractivity contribution >= 4 is 39.1 Å². The van der Waals surface area contributed by atoms with Gasteiger partial charge in [-0.1, -0.05) is 74.0 Å². The predicted octanol–water partition coefficient (Wildman–Crippen LogP) is 4.65. The largest absolute Gasteiger partial charge is 0.357 e. The van der Waals surface area contributed by atoms with Crippen LogP contribution in [-0.2, 0) is 32.6 Å². The highest BCUT2D eigenvalue weighted by atomic mass is 35.5. The monoisotopic (exact) mass is 541 g/mol. The van der Waals surface area contributed by atoms with Gasteiger partial charge >= 0.3 is 0 Å². The number of likely N-dealkylation sites (N-methyl/N-ethyl adjacent to an activating group) is 1. The topological polar surface area (TPSA) is 86.8 Å². The van der Waals surface area contributed by atoms with E-state index in [9.17, 15) is 18.0 Å². The van der Waals surface area contributed by atoms with Gasteiger partial charge in [-0.05, 0) is 54.3 Å². The number of rotatable bonds is 11.